The van der Waals surface area contributed by atoms with Crippen molar-refractivity contribution in [2.24, 2.45) is 11.7 Å². The molecular weight excluding hydrogens is 447 g/mol. The van der Waals surface area contributed by atoms with Crippen molar-refractivity contribution >= 4 is 40.6 Å². The third-order valence-electron chi connectivity index (χ3n) is 6.83. The Hall–Kier alpha value is -2.34. The Balaban J connectivity index is 1.51. The highest BCUT2D eigenvalue weighted by Crippen LogP contribution is 2.46. The molecule has 1 aliphatic heterocycles. The van der Waals surface area contributed by atoms with E-state index in [0.717, 1.165) is 41.5 Å². The molecule has 2 N–H and O–H groups in total. The van der Waals surface area contributed by atoms with E-state index in [4.69, 9.17) is 33.7 Å². The number of halogens is 2. The van der Waals surface area contributed by atoms with Crippen LogP contribution in [0, 0.1) is 5.92 Å². The van der Waals surface area contributed by atoms with Gasteiger partial charge in [-0.05, 0) is 77.8 Å². The van der Waals surface area contributed by atoms with Gasteiger partial charge in [0.1, 0.15) is 0 Å². The van der Waals surface area contributed by atoms with E-state index >= 15 is 0 Å². The normalized spacial score (nSPS) is 20.2. The predicted molar refractivity (Wildman–Crippen MR) is 126 cm³/mol. The Morgan fingerprint density at radius 3 is 2.53 bits per heavy atom. The van der Waals surface area contributed by atoms with E-state index in [-0.39, 0.29) is 11.8 Å². The van der Waals surface area contributed by atoms with Gasteiger partial charge in [0.25, 0.3) is 0 Å². The van der Waals surface area contributed by atoms with Crippen LogP contribution in [0.25, 0.3) is 16.7 Å². The van der Waals surface area contributed by atoms with E-state index in [0.29, 0.717) is 48.3 Å². The summed E-state index contributed by atoms with van der Waals surface area (Å²) in [5.41, 5.74) is 12.6. The van der Waals surface area contributed by atoms with Gasteiger partial charge < -0.3 is 15.4 Å². The third-order valence-corrected chi connectivity index (χ3v) is 7.57. The van der Waals surface area contributed by atoms with E-state index in [1.165, 1.54) is 11.1 Å². The zero-order valence-corrected chi connectivity index (χ0v) is 19.1. The number of fused-ring (bicyclic) bond motifs is 2. The van der Waals surface area contributed by atoms with Crippen LogP contribution in [0.3, 0.4) is 0 Å². The van der Waals surface area contributed by atoms with Crippen LogP contribution >= 0.6 is 23.2 Å². The molecule has 2 amide bonds. The van der Waals surface area contributed by atoms with Gasteiger partial charge in [-0.1, -0.05) is 34.8 Å². The first-order chi connectivity index (χ1) is 15.4. The maximum absolute atomic E-state index is 13.1. The fraction of sp³-hybridized carbons (Fsp3) is 0.360. The number of benzene rings is 2. The highest BCUT2D eigenvalue weighted by atomic mass is 35.5. The van der Waals surface area contributed by atoms with Gasteiger partial charge in [0.15, 0.2) is 0 Å². The minimum atomic E-state index is -0.441. The number of morpholine rings is 1. The molecular formula is C25H24Cl2N2O3. The average molecular weight is 471 g/mol. The van der Waals surface area contributed by atoms with E-state index in [2.05, 4.69) is 6.07 Å². The highest BCUT2D eigenvalue weighted by Gasteiger charge is 2.35. The first kappa shape index (κ1) is 21.5. The van der Waals surface area contributed by atoms with Crippen LogP contribution in [0.1, 0.15) is 40.7 Å². The molecule has 0 aromatic heterocycles. The van der Waals surface area contributed by atoms with Crippen molar-refractivity contribution in [3.8, 4) is 11.1 Å². The van der Waals surface area contributed by atoms with E-state index in [1.54, 1.807) is 12.1 Å². The lowest BCUT2D eigenvalue weighted by molar-refractivity contribution is -0.139. The lowest BCUT2D eigenvalue weighted by Gasteiger charge is -2.32. The standard InChI is InChI=1S/C25H24Cl2N2O3/c26-22-4-3-14(13-23(22)27)17-11-19-18-10-16(25(31)29-5-7-32-8-6-29)2-1-15(18)9-20(19)21(12-17)24(28)30/h3-4,11-13,16H,1-2,5-10H2,(H2,28,30). The molecule has 0 bridgehead atoms. The number of ether oxygens (including phenoxy) is 1. The summed E-state index contributed by atoms with van der Waals surface area (Å²) in [6.45, 7) is 2.52. The first-order valence-corrected chi connectivity index (χ1v) is 11.7. The van der Waals surface area contributed by atoms with E-state index in [1.807, 2.05) is 17.0 Å². The van der Waals surface area contributed by atoms with Gasteiger partial charge in [-0.3, -0.25) is 9.59 Å². The second-order valence-electron chi connectivity index (χ2n) is 8.68. The first-order valence-electron chi connectivity index (χ1n) is 10.9. The van der Waals surface area contributed by atoms with Crippen molar-refractivity contribution < 1.29 is 14.3 Å². The molecule has 2 aromatic carbocycles. The number of primary amides is 1. The van der Waals surface area contributed by atoms with Gasteiger partial charge >= 0.3 is 0 Å². The Labute approximate surface area is 197 Å². The molecule has 0 saturated carbocycles. The molecule has 1 atom stereocenters. The van der Waals surface area contributed by atoms with Crippen LogP contribution in [-0.4, -0.2) is 43.0 Å². The van der Waals surface area contributed by atoms with Gasteiger partial charge in [-0.25, -0.2) is 0 Å². The second-order valence-corrected chi connectivity index (χ2v) is 9.49. The van der Waals surface area contributed by atoms with Crippen molar-refractivity contribution in [3.05, 3.63) is 62.6 Å². The van der Waals surface area contributed by atoms with Crippen LogP contribution in [0.15, 0.2) is 35.9 Å². The summed E-state index contributed by atoms with van der Waals surface area (Å²) in [4.78, 5) is 27.4. The molecule has 7 heteroatoms. The molecule has 3 aliphatic rings. The Kier molecular flexibility index (Phi) is 5.74. The smallest absolute Gasteiger partial charge is 0.249 e. The lowest BCUT2D eigenvalue weighted by atomic mass is 9.82. The number of allylic oxidation sites excluding steroid dienone is 2. The highest BCUT2D eigenvalue weighted by molar-refractivity contribution is 6.42. The second kappa shape index (κ2) is 8.54. The Morgan fingerprint density at radius 1 is 1.03 bits per heavy atom. The summed E-state index contributed by atoms with van der Waals surface area (Å²) in [6, 6.07) is 9.38. The molecule has 2 aromatic rings. The Morgan fingerprint density at radius 2 is 1.81 bits per heavy atom. The monoisotopic (exact) mass is 470 g/mol. The van der Waals surface area contributed by atoms with Crippen LogP contribution in [0.2, 0.25) is 10.0 Å². The van der Waals surface area contributed by atoms with Crippen molar-refractivity contribution in [2.75, 3.05) is 26.3 Å². The largest absolute Gasteiger partial charge is 0.378 e. The van der Waals surface area contributed by atoms with Crippen LogP contribution in [0.4, 0.5) is 0 Å². The molecule has 5 rings (SSSR count). The summed E-state index contributed by atoms with van der Waals surface area (Å²) in [5, 5.41) is 0.937. The summed E-state index contributed by atoms with van der Waals surface area (Å²) in [5.74, 6) is -0.267. The van der Waals surface area contributed by atoms with Gasteiger partial charge in [0.05, 0.1) is 23.3 Å². The molecule has 1 heterocycles. The number of hydrogen-bond donors (Lipinski definition) is 1. The van der Waals surface area contributed by atoms with Crippen molar-refractivity contribution in [1.29, 1.82) is 0 Å². The topological polar surface area (TPSA) is 72.6 Å². The summed E-state index contributed by atoms with van der Waals surface area (Å²) in [7, 11) is 0. The molecule has 0 spiro atoms. The summed E-state index contributed by atoms with van der Waals surface area (Å²) >= 11 is 12.3. The number of nitrogens with two attached hydrogens (primary N) is 1. The summed E-state index contributed by atoms with van der Waals surface area (Å²) in [6.07, 6.45) is 3.13. The molecule has 32 heavy (non-hydrogen) atoms. The molecule has 166 valence electrons. The number of carbonyl (C=O) groups is 2. The van der Waals surface area contributed by atoms with Crippen molar-refractivity contribution in [3.63, 3.8) is 0 Å². The van der Waals surface area contributed by atoms with Crippen molar-refractivity contribution in [2.45, 2.75) is 25.7 Å². The minimum absolute atomic E-state index is 0.0385. The fourth-order valence-electron chi connectivity index (χ4n) is 5.15. The SMILES string of the molecule is NC(=O)c1cc(-c2ccc(Cl)c(Cl)c2)cc2c1CC1=C2CC(C(=O)N2CCOCC2)CC1. The number of nitrogens with zero attached hydrogens (tertiary/aromatic N) is 1. The van der Waals surface area contributed by atoms with Crippen LogP contribution < -0.4 is 5.73 Å². The molecule has 2 aliphatic carbocycles. The number of hydrogen-bond acceptors (Lipinski definition) is 3. The maximum Gasteiger partial charge on any atom is 0.249 e. The number of amides is 2. The molecule has 0 radical (unpaired) electrons. The minimum Gasteiger partial charge on any atom is -0.378 e. The quantitative estimate of drug-likeness (QED) is 0.704. The van der Waals surface area contributed by atoms with Gasteiger partial charge in [0.2, 0.25) is 11.8 Å². The van der Waals surface area contributed by atoms with Crippen LogP contribution in [-0.2, 0) is 16.0 Å². The Bertz CT molecular complexity index is 1150. The van der Waals surface area contributed by atoms with Gasteiger partial charge in [-0.15, -0.1) is 0 Å². The molecule has 5 nitrogen and oxygen atoms in total. The van der Waals surface area contributed by atoms with Crippen LogP contribution in [0.5, 0.6) is 0 Å². The molecule has 1 fully saturated rings. The predicted octanol–water partition coefficient (Wildman–Crippen LogP) is 4.73. The third kappa shape index (κ3) is 3.83. The number of carbonyl (C=O) groups excluding carboxylic acids is 2. The lowest BCUT2D eigenvalue weighted by Crippen LogP contribution is -2.44. The number of rotatable bonds is 3. The molecule has 1 saturated heterocycles. The maximum atomic E-state index is 13.1. The van der Waals surface area contributed by atoms with Crippen molar-refractivity contribution in [1.82, 2.24) is 4.90 Å². The zero-order valence-electron chi connectivity index (χ0n) is 17.6. The van der Waals surface area contributed by atoms with Gasteiger partial charge in [-0.2, -0.15) is 0 Å². The van der Waals surface area contributed by atoms with E-state index < -0.39 is 5.91 Å². The fourth-order valence-corrected chi connectivity index (χ4v) is 5.45. The molecule has 1 unspecified atom stereocenters. The average Bonchev–Trinajstić information content (AvgIpc) is 3.18. The van der Waals surface area contributed by atoms with E-state index in [9.17, 15) is 9.59 Å². The zero-order chi connectivity index (χ0) is 22.4. The summed E-state index contributed by atoms with van der Waals surface area (Å²) < 4.78 is 5.39. The van der Waals surface area contributed by atoms with Gasteiger partial charge in [0, 0.05) is 24.6 Å².